The summed E-state index contributed by atoms with van der Waals surface area (Å²) >= 11 is 0. The maximum atomic E-state index is 13.0. The van der Waals surface area contributed by atoms with Crippen LogP contribution in [-0.4, -0.2) is 43.8 Å². The van der Waals surface area contributed by atoms with E-state index >= 15 is 0 Å². The van der Waals surface area contributed by atoms with Gasteiger partial charge in [0.25, 0.3) is 11.5 Å². The van der Waals surface area contributed by atoms with Crippen molar-refractivity contribution >= 4 is 5.91 Å². The zero-order valence-electron chi connectivity index (χ0n) is 18.3. The van der Waals surface area contributed by atoms with E-state index < -0.39 is 0 Å². The summed E-state index contributed by atoms with van der Waals surface area (Å²) in [5.74, 6) is 1.91. The number of aromatic nitrogens is 1. The van der Waals surface area contributed by atoms with E-state index in [1.54, 1.807) is 13.2 Å². The third-order valence-electron chi connectivity index (χ3n) is 6.14. The summed E-state index contributed by atoms with van der Waals surface area (Å²) in [4.78, 5) is 25.7. The van der Waals surface area contributed by atoms with Crippen LogP contribution in [-0.2, 0) is 13.0 Å². The number of fused-ring (bicyclic) bond motifs is 4. The summed E-state index contributed by atoms with van der Waals surface area (Å²) in [7, 11) is 1.62. The first-order valence-corrected chi connectivity index (χ1v) is 11.1. The zero-order valence-corrected chi connectivity index (χ0v) is 18.3. The monoisotopic (exact) mass is 425 g/mol. The molecule has 0 aliphatic carbocycles. The van der Waals surface area contributed by atoms with Gasteiger partial charge in [-0.3, -0.25) is 9.59 Å². The Bertz CT molecular complexity index is 1000. The number of carbonyl (C=O) groups excluding carboxylic acids is 1. The third kappa shape index (κ3) is 4.61. The highest BCUT2D eigenvalue weighted by Gasteiger charge is 2.31. The molecule has 0 radical (unpaired) electrons. The second-order valence-corrected chi connectivity index (χ2v) is 8.38. The first kappa shape index (κ1) is 21.4. The standard InChI is InChI=1S/C24H31N3O4/c1-3-10-31-21-7-4-16(12-22(21)30-2)8-9-26-23(28)19-5-6-20-18-11-17(13-25-14-18)15-27(20)24(19)29/h4-7,12,17-18,25H,3,8-11,13-15H2,1-2H3,(H,26,28)/t17-,18+/m0/s1. The molecule has 31 heavy (non-hydrogen) atoms. The molecule has 7 heteroatoms. The predicted molar refractivity (Wildman–Crippen MR) is 119 cm³/mol. The van der Waals surface area contributed by atoms with Crippen LogP contribution in [0.4, 0.5) is 0 Å². The first-order valence-electron chi connectivity index (χ1n) is 11.1. The van der Waals surface area contributed by atoms with Gasteiger partial charge in [0.05, 0.1) is 13.7 Å². The number of pyridine rings is 1. The van der Waals surface area contributed by atoms with Crippen molar-refractivity contribution in [1.29, 1.82) is 0 Å². The summed E-state index contributed by atoms with van der Waals surface area (Å²) in [5, 5.41) is 6.33. The van der Waals surface area contributed by atoms with Crippen LogP contribution in [0.3, 0.4) is 0 Å². The van der Waals surface area contributed by atoms with Gasteiger partial charge in [-0.15, -0.1) is 0 Å². The van der Waals surface area contributed by atoms with Crippen LogP contribution >= 0.6 is 0 Å². The molecular formula is C24H31N3O4. The smallest absolute Gasteiger partial charge is 0.263 e. The normalized spacial score (nSPS) is 19.4. The topological polar surface area (TPSA) is 81.6 Å². The fourth-order valence-corrected chi connectivity index (χ4v) is 4.58. The molecule has 4 rings (SSSR count). The van der Waals surface area contributed by atoms with E-state index in [4.69, 9.17) is 9.47 Å². The SMILES string of the molecule is CCCOc1ccc(CCNC(=O)c2ccc3n(c2=O)C[C@@H]2CNC[C@H]3C2)cc1OC. The number of amides is 1. The minimum atomic E-state index is -0.316. The second-order valence-electron chi connectivity index (χ2n) is 8.38. The number of carbonyl (C=O) groups is 1. The Morgan fingerprint density at radius 1 is 1.23 bits per heavy atom. The molecule has 0 unspecified atom stereocenters. The lowest BCUT2D eigenvalue weighted by atomic mass is 9.84. The van der Waals surface area contributed by atoms with Gasteiger partial charge in [0.1, 0.15) is 5.56 Å². The van der Waals surface area contributed by atoms with E-state index in [0.29, 0.717) is 43.7 Å². The number of nitrogens with one attached hydrogen (secondary N) is 2. The summed E-state index contributed by atoms with van der Waals surface area (Å²) in [6.07, 6.45) is 2.68. The number of ether oxygens (including phenoxy) is 2. The summed E-state index contributed by atoms with van der Waals surface area (Å²) < 4.78 is 12.9. The molecule has 2 aliphatic rings. The zero-order chi connectivity index (χ0) is 21.8. The van der Waals surface area contributed by atoms with Gasteiger partial charge in [0.15, 0.2) is 11.5 Å². The number of piperidine rings is 1. The van der Waals surface area contributed by atoms with Crippen molar-refractivity contribution in [3.05, 3.63) is 57.5 Å². The van der Waals surface area contributed by atoms with E-state index in [-0.39, 0.29) is 17.0 Å². The molecule has 1 aromatic carbocycles. The van der Waals surface area contributed by atoms with Crippen LogP contribution in [0.1, 0.15) is 47.3 Å². The lowest BCUT2D eigenvalue weighted by molar-refractivity contribution is 0.0951. The first-order chi connectivity index (χ1) is 15.1. The molecule has 2 bridgehead atoms. The fourth-order valence-electron chi connectivity index (χ4n) is 4.58. The average molecular weight is 426 g/mol. The Morgan fingerprint density at radius 2 is 2.10 bits per heavy atom. The molecule has 0 spiro atoms. The van der Waals surface area contributed by atoms with Crippen LogP contribution < -0.4 is 25.7 Å². The number of hydrogen-bond donors (Lipinski definition) is 2. The van der Waals surface area contributed by atoms with E-state index in [1.165, 1.54) is 0 Å². The summed E-state index contributed by atoms with van der Waals surface area (Å²) in [5.41, 5.74) is 2.12. The molecule has 1 saturated heterocycles. The molecular weight excluding hydrogens is 394 g/mol. The highest BCUT2D eigenvalue weighted by molar-refractivity contribution is 5.93. The predicted octanol–water partition coefficient (Wildman–Crippen LogP) is 2.32. The van der Waals surface area contributed by atoms with Crippen molar-refractivity contribution in [2.75, 3.05) is 33.4 Å². The molecule has 2 aromatic rings. The summed E-state index contributed by atoms with van der Waals surface area (Å²) in [6.45, 7) is 5.65. The molecule has 1 amide bonds. The van der Waals surface area contributed by atoms with Gasteiger partial charge in [0, 0.05) is 31.2 Å². The Morgan fingerprint density at radius 3 is 2.90 bits per heavy atom. The van der Waals surface area contributed by atoms with E-state index in [0.717, 1.165) is 42.9 Å². The highest BCUT2D eigenvalue weighted by Crippen LogP contribution is 2.31. The van der Waals surface area contributed by atoms with E-state index in [1.807, 2.05) is 28.8 Å². The Balaban J connectivity index is 1.40. The molecule has 2 N–H and O–H groups in total. The van der Waals surface area contributed by atoms with E-state index in [9.17, 15) is 9.59 Å². The van der Waals surface area contributed by atoms with Crippen LogP contribution in [0.2, 0.25) is 0 Å². The Labute approximate surface area is 182 Å². The molecule has 1 fully saturated rings. The maximum Gasteiger partial charge on any atom is 0.263 e. The fraction of sp³-hybridized carbons (Fsp3) is 0.500. The largest absolute Gasteiger partial charge is 0.493 e. The van der Waals surface area contributed by atoms with Crippen molar-refractivity contribution in [3.63, 3.8) is 0 Å². The number of hydrogen-bond acceptors (Lipinski definition) is 5. The molecule has 3 heterocycles. The number of nitrogens with zero attached hydrogens (tertiary/aromatic N) is 1. The van der Waals surface area contributed by atoms with Gasteiger partial charge in [-0.05, 0) is 61.6 Å². The van der Waals surface area contributed by atoms with Crippen LogP contribution in [0, 0.1) is 5.92 Å². The minimum Gasteiger partial charge on any atom is -0.493 e. The summed E-state index contributed by atoms with van der Waals surface area (Å²) in [6, 6.07) is 9.43. The van der Waals surface area contributed by atoms with Crippen molar-refractivity contribution < 1.29 is 14.3 Å². The van der Waals surface area contributed by atoms with Gasteiger partial charge in [-0.1, -0.05) is 13.0 Å². The number of benzene rings is 1. The minimum absolute atomic E-state index is 0.175. The van der Waals surface area contributed by atoms with Crippen molar-refractivity contribution in [2.45, 2.75) is 38.6 Å². The van der Waals surface area contributed by atoms with Crippen LogP contribution in [0.15, 0.2) is 35.1 Å². The lowest BCUT2D eigenvalue weighted by Gasteiger charge is -2.37. The Hall–Kier alpha value is -2.80. The van der Waals surface area contributed by atoms with Crippen LogP contribution in [0.5, 0.6) is 11.5 Å². The second kappa shape index (κ2) is 9.56. The van der Waals surface area contributed by atoms with E-state index in [2.05, 4.69) is 17.6 Å². The number of rotatable bonds is 8. The van der Waals surface area contributed by atoms with Crippen molar-refractivity contribution in [1.82, 2.24) is 15.2 Å². The lowest BCUT2D eigenvalue weighted by Crippen LogP contribution is -2.46. The van der Waals surface area contributed by atoms with Gasteiger partial charge in [0.2, 0.25) is 0 Å². The molecule has 1 aromatic heterocycles. The molecule has 2 atom stereocenters. The molecule has 0 saturated carbocycles. The average Bonchev–Trinajstić information content (AvgIpc) is 2.79. The van der Waals surface area contributed by atoms with Gasteiger partial charge >= 0.3 is 0 Å². The van der Waals surface area contributed by atoms with Gasteiger partial charge < -0.3 is 24.7 Å². The number of methoxy groups -OCH3 is 1. The van der Waals surface area contributed by atoms with Crippen LogP contribution in [0.25, 0.3) is 0 Å². The maximum absolute atomic E-state index is 13.0. The molecule has 2 aliphatic heterocycles. The Kier molecular flexibility index (Phi) is 6.61. The van der Waals surface area contributed by atoms with Crippen molar-refractivity contribution in [3.8, 4) is 11.5 Å². The van der Waals surface area contributed by atoms with Gasteiger partial charge in [-0.25, -0.2) is 0 Å². The third-order valence-corrected chi connectivity index (χ3v) is 6.14. The molecule has 7 nitrogen and oxygen atoms in total. The van der Waals surface area contributed by atoms with Crippen molar-refractivity contribution in [2.24, 2.45) is 5.92 Å². The quantitative estimate of drug-likeness (QED) is 0.678. The highest BCUT2D eigenvalue weighted by atomic mass is 16.5. The molecule has 166 valence electrons. The van der Waals surface area contributed by atoms with Gasteiger partial charge in [-0.2, -0.15) is 0 Å².